The van der Waals surface area contributed by atoms with Gasteiger partial charge in [0.15, 0.2) is 0 Å². The lowest BCUT2D eigenvalue weighted by atomic mass is 10.1. The summed E-state index contributed by atoms with van der Waals surface area (Å²) < 4.78 is 1.93. The van der Waals surface area contributed by atoms with Gasteiger partial charge in [0.25, 0.3) is 0 Å². The number of rotatable bonds is 3. The van der Waals surface area contributed by atoms with E-state index in [0.717, 1.165) is 14.5 Å². The number of aliphatic hydroxyl groups excluding tert-OH is 1. The largest absolute Gasteiger partial charge is 0.388 e. The van der Waals surface area contributed by atoms with E-state index >= 15 is 0 Å². The Morgan fingerprint density at radius 3 is 2.75 bits per heavy atom. The Hall–Kier alpha value is -0.160. The Bertz CT molecular complexity index is 468. The molecule has 1 aromatic carbocycles. The minimum atomic E-state index is -0.467. The van der Waals surface area contributed by atoms with Gasteiger partial charge in [-0.3, -0.25) is 0 Å². The number of halogens is 2. The van der Waals surface area contributed by atoms with E-state index in [1.54, 1.807) is 11.3 Å². The fourth-order valence-corrected chi connectivity index (χ4v) is 3.13. The predicted molar refractivity (Wildman–Crippen MR) is 74.8 cm³/mol. The first-order valence-corrected chi connectivity index (χ1v) is 7.29. The summed E-state index contributed by atoms with van der Waals surface area (Å²) in [6.45, 7) is 0. The summed E-state index contributed by atoms with van der Waals surface area (Å²) in [5.41, 5.74) is 0.919. The third-order valence-corrected chi connectivity index (χ3v) is 4.41. The van der Waals surface area contributed by atoms with E-state index in [4.69, 9.17) is 0 Å². The summed E-state index contributed by atoms with van der Waals surface area (Å²) in [6.07, 6.45) is 0.192. The lowest BCUT2D eigenvalue weighted by Crippen LogP contribution is -2.01. The average molecular weight is 362 g/mol. The van der Waals surface area contributed by atoms with Crippen LogP contribution in [0.4, 0.5) is 0 Å². The van der Waals surface area contributed by atoms with Gasteiger partial charge in [-0.15, -0.1) is 11.3 Å². The van der Waals surface area contributed by atoms with Gasteiger partial charge >= 0.3 is 0 Å². The van der Waals surface area contributed by atoms with Crippen molar-refractivity contribution in [3.8, 4) is 0 Å². The fourth-order valence-electron chi connectivity index (χ4n) is 1.50. The fraction of sp³-hybridized carbons (Fsp3) is 0.167. The number of hydrogen-bond donors (Lipinski definition) is 1. The standard InChI is InChI=1S/C12H10Br2OS/c13-8-3-4-11(14)10(6-8)12(15)7-9-2-1-5-16-9/h1-6,12,15H,7H2. The molecular weight excluding hydrogens is 352 g/mol. The van der Waals surface area contributed by atoms with Crippen molar-refractivity contribution in [3.63, 3.8) is 0 Å². The zero-order chi connectivity index (χ0) is 11.5. The maximum Gasteiger partial charge on any atom is 0.0849 e. The van der Waals surface area contributed by atoms with Crippen molar-refractivity contribution in [2.45, 2.75) is 12.5 Å². The number of benzene rings is 1. The maximum atomic E-state index is 10.2. The van der Waals surface area contributed by atoms with Crippen LogP contribution in [0, 0.1) is 0 Å². The van der Waals surface area contributed by atoms with E-state index < -0.39 is 6.10 Å². The third kappa shape index (κ3) is 2.94. The van der Waals surface area contributed by atoms with Crippen LogP contribution in [0.1, 0.15) is 16.5 Å². The summed E-state index contributed by atoms with van der Waals surface area (Å²) in [4.78, 5) is 1.19. The van der Waals surface area contributed by atoms with Gasteiger partial charge in [-0.2, -0.15) is 0 Å². The molecular formula is C12H10Br2OS. The highest BCUT2D eigenvalue weighted by molar-refractivity contribution is 9.11. The monoisotopic (exact) mass is 360 g/mol. The van der Waals surface area contributed by atoms with Crippen LogP contribution in [0.2, 0.25) is 0 Å². The van der Waals surface area contributed by atoms with Gasteiger partial charge in [-0.1, -0.05) is 37.9 Å². The first kappa shape index (κ1) is 12.3. The van der Waals surface area contributed by atoms with Crippen molar-refractivity contribution in [1.29, 1.82) is 0 Å². The van der Waals surface area contributed by atoms with Crippen molar-refractivity contribution < 1.29 is 5.11 Å². The molecule has 1 nitrogen and oxygen atoms in total. The Balaban J connectivity index is 2.20. The van der Waals surface area contributed by atoms with E-state index in [0.29, 0.717) is 6.42 Å². The van der Waals surface area contributed by atoms with E-state index in [-0.39, 0.29) is 0 Å². The minimum Gasteiger partial charge on any atom is -0.388 e. The van der Waals surface area contributed by atoms with Gasteiger partial charge in [-0.25, -0.2) is 0 Å². The number of aliphatic hydroxyl groups is 1. The van der Waals surface area contributed by atoms with Gasteiger partial charge in [0.1, 0.15) is 0 Å². The molecule has 0 radical (unpaired) electrons. The molecule has 1 atom stereocenters. The van der Waals surface area contributed by atoms with Gasteiger partial charge < -0.3 is 5.11 Å². The van der Waals surface area contributed by atoms with Crippen LogP contribution >= 0.6 is 43.2 Å². The molecule has 0 amide bonds. The van der Waals surface area contributed by atoms with Crippen molar-refractivity contribution >= 4 is 43.2 Å². The van der Waals surface area contributed by atoms with Crippen LogP contribution in [0.25, 0.3) is 0 Å². The SMILES string of the molecule is OC(Cc1cccs1)c1cc(Br)ccc1Br. The molecule has 0 aliphatic carbocycles. The Morgan fingerprint density at radius 1 is 1.25 bits per heavy atom. The van der Waals surface area contributed by atoms with Crippen LogP contribution in [0.15, 0.2) is 44.7 Å². The summed E-state index contributed by atoms with van der Waals surface area (Å²) in [5, 5.41) is 12.2. The molecule has 1 N–H and O–H groups in total. The highest BCUT2D eigenvalue weighted by Gasteiger charge is 2.12. The molecule has 0 fully saturated rings. The van der Waals surface area contributed by atoms with Gasteiger partial charge in [-0.05, 0) is 35.2 Å². The molecule has 4 heteroatoms. The second-order valence-corrected chi connectivity index (χ2v) is 6.27. The normalized spacial score (nSPS) is 12.7. The van der Waals surface area contributed by atoms with Crippen LogP contribution < -0.4 is 0 Å². The van der Waals surface area contributed by atoms with Crippen LogP contribution in [-0.4, -0.2) is 5.11 Å². The first-order chi connectivity index (χ1) is 7.66. The molecule has 0 bridgehead atoms. The van der Waals surface area contributed by atoms with Crippen molar-refractivity contribution in [3.05, 3.63) is 55.1 Å². The molecule has 2 rings (SSSR count). The van der Waals surface area contributed by atoms with E-state index in [9.17, 15) is 5.11 Å². The molecule has 1 heterocycles. The average Bonchev–Trinajstić information content (AvgIpc) is 2.74. The molecule has 0 aliphatic heterocycles. The molecule has 0 spiro atoms. The molecule has 0 saturated heterocycles. The smallest absolute Gasteiger partial charge is 0.0849 e. The molecule has 16 heavy (non-hydrogen) atoms. The van der Waals surface area contributed by atoms with Gasteiger partial charge in [0.2, 0.25) is 0 Å². The number of thiophene rings is 1. The summed E-state index contributed by atoms with van der Waals surface area (Å²) in [7, 11) is 0. The zero-order valence-corrected chi connectivity index (χ0v) is 12.3. The summed E-state index contributed by atoms with van der Waals surface area (Å²) in [5.74, 6) is 0. The topological polar surface area (TPSA) is 20.2 Å². The molecule has 0 aliphatic rings. The van der Waals surface area contributed by atoms with E-state index in [1.165, 1.54) is 4.88 Å². The Kier molecular flexibility index (Phi) is 4.19. The lowest BCUT2D eigenvalue weighted by molar-refractivity contribution is 0.178. The van der Waals surface area contributed by atoms with Crippen molar-refractivity contribution in [2.24, 2.45) is 0 Å². The highest BCUT2D eigenvalue weighted by Crippen LogP contribution is 2.29. The summed E-state index contributed by atoms with van der Waals surface area (Å²) >= 11 is 8.54. The zero-order valence-electron chi connectivity index (χ0n) is 8.36. The minimum absolute atomic E-state index is 0.467. The summed E-state index contributed by atoms with van der Waals surface area (Å²) in [6, 6.07) is 9.88. The highest BCUT2D eigenvalue weighted by atomic mass is 79.9. The molecule has 2 aromatic rings. The maximum absolute atomic E-state index is 10.2. The second-order valence-electron chi connectivity index (χ2n) is 3.47. The Labute approximate surface area is 115 Å². The van der Waals surface area contributed by atoms with Gasteiger partial charge in [0, 0.05) is 20.2 Å². The van der Waals surface area contributed by atoms with Gasteiger partial charge in [0.05, 0.1) is 6.10 Å². The second kappa shape index (κ2) is 5.45. The van der Waals surface area contributed by atoms with E-state index in [2.05, 4.69) is 31.9 Å². The first-order valence-electron chi connectivity index (χ1n) is 4.82. The van der Waals surface area contributed by atoms with Crippen molar-refractivity contribution in [1.82, 2.24) is 0 Å². The predicted octanol–water partition coefficient (Wildman–Crippen LogP) is 4.55. The molecule has 84 valence electrons. The third-order valence-electron chi connectivity index (χ3n) is 2.29. The lowest BCUT2D eigenvalue weighted by Gasteiger charge is -2.12. The molecule has 1 unspecified atom stereocenters. The molecule has 1 aromatic heterocycles. The van der Waals surface area contributed by atoms with E-state index in [1.807, 2.05) is 35.7 Å². The van der Waals surface area contributed by atoms with Crippen LogP contribution in [-0.2, 0) is 6.42 Å². The quantitative estimate of drug-likeness (QED) is 0.850. The Morgan fingerprint density at radius 2 is 2.06 bits per heavy atom. The molecule has 0 saturated carbocycles. The van der Waals surface area contributed by atoms with Crippen molar-refractivity contribution in [2.75, 3.05) is 0 Å². The van der Waals surface area contributed by atoms with Crippen LogP contribution in [0.5, 0.6) is 0 Å². The number of hydrogen-bond acceptors (Lipinski definition) is 2. The van der Waals surface area contributed by atoms with Crippen LogP contribution in [0.3, 0.4) is 0 Å².